The number of nitrogens with zero attached hydrogens (tertiary/aromatic N) is 5. The van der Waals surface area contributed by atoms with Crippen LogP contribution in [0.5, 0.6) is 11.8 Å². The molecule has 0 spiro atoms. The van der Waals surface area contributed by atoms with E-state index in [1.54, 1.807) is 35.5 Å². The monoisotopic (exact) mass is 656 g/mol. The highest BCUT2D eigenvalue weighted by Gasteiger charge is 2.32. The second-order valence-electron chi connectivity index (χ2n) is 13.5. The molecule has 4 bridgehead atoms. The fourth-order valence-electron chi connectivity index (χ4n) is 5.90. The number of hydrogen-bond acceptors (Lipinski definition) is 9. The molecule has 1 fully saturated rings. The van der Waals surface area contributed by atoms with Crippen molar-refractivity contribution in [1.29, 1.82) is 0 Å². The van der Waals surface area contributed by atoms with E-state index in [-0.39, 0.29) is 52.9 Å². The number of benzene rings is 2. The molecule has 3 heterocycles. The number of amides is 1. The Morgan fingerprint density at radius 2 is 1.74 bits per heavy atom. The quantitative estimate of drug-likeness (QED) is 0.260. The number of anilines is 1. The number of carbonyl (C=O) groups excluding carboxylic acids is 1. The molecule has 1 amide bonds. The molecule has 47 heavy (non-hydrogen) atoms. The molecule has 11 nitrogen and oxygen atoms in total. The molecule has 2 aromatic carbocycles. The van der Waals surface area contributed by atoms with Gasteiger partial charge in [0.25, 0.3) is 15.9 Å². The number of ether oxygens (including phenoxy) is 2. The van der Waals surface area contributed by atoms with Crippen LogP contribution in [0.15, 0.2) is 65.8 Å². The molecule has 1 atom stereocenters. The lowest BCUT2D eigenvalue weighted by Crippen LogP contribution is -2.45. The summed E-state index contributed by atoms with van der Waals surface area (Å²) in [6, 6.07) is 13.2. The number of hydrogen-bond donors (Lipinski definition) is 1. The molecule has 0 saturated heterocycles. The number of fused-ring (bicyclic) bond motifs is 4. The summed E-state index contributed by atoms with van der Waals surface area (Å²) in [6.07, 6.45) is 6.98. The van der Waals surface area contributed by atoms with Crippen molar-refractivity contribution in [3.8, 4) is 23.0 Å². The van der Waals surface area contributed by atoms with E-state index in [0.717, 1.165) is 36.0 Å². The third kappa shape index (κ3) is 7.54. The van der Waals surface area contributed by atoms with E-state index in [2.05, 4.69) is 45.4 Å². The largest absolute Gasteiger partial charge is 0.475 e. The summed E-state index contributed by atoms with van der Waals surface area (Å²) in [4.78, 5) is 34.1. The lowest BCUT2D eigenvalue weighted by Gasteiger charge is -2.35. The van der Waals surface area contributed by atoms with Crippen molar-refractivity contribution in [2.75, 3.05) is 11.3 Å². The summed E-state index contributed by atoms with van der Waals surface area (Å²) in [6.45, 7) is 10.4. The van der Waals surface area contributed by atoms with Gasteiger partial charge in [0.15, 0.2) is 0 Å². The maximum atomic E-state index is 14.4. The van der Waals surface area contributed by atoms with Gasteiger partial charge in [-0.25, -0.2) is 23.1 Å². The van der Waals surface area contributed by atoms with Gasteiger partial charge in [-0.2, -0.15) is 4.98 Å². The molecule has 1 N–H and O–H groups in total. The highest BCUT2D eigenvalue weighted by Crippen LogP contribution is 2.32. The summed E-state index contributed by atoms with van der Waals surface area (Å²) in [7, 11) is -4.17. The first-order valence-corrected chi connectivity index (χ1v) is 17.3. The summed E-state index contributed by atoms with van der Waals surface area (Å²) < 4.78 is 42.2. The SMILES string of the molecule is Cc1cccc(C)c1-c1cc2nc(n1)NS(=O)(=O)c1cccc(c1)C(=O)N(Cc1cncc(OC3CCC3)n1)[C@H](CC(C)(C)C)CO2. The number of nitrogens with one attached hydrogen (secondary N) is 1. The Labute approximate surface area is 275 Å². The van der Waals surface area contributed by atoms with Gasteiger partial charge < -0.3 is 14.4 Å². The minimum absolute atomic E-state index is 0.0871. The minimum atomic E-state index is -4.17. The fourth-order valence-corrected chi connectivity index (χ4v) is 6.89. The van der Waals surface area contributed by atoms with E-state index in [9.17, 15) is 13.2 Å². The van der Waals surface area contributed by atoms with Gasteiger partial charge in [-0.05, 0) is 74.3 Å². The van der Waals surface area contributed by atoms with Gasteiger partial charge in [0.05, 0.1) is 41.3 Å². The molecule has 4 aromatic rings. The second-order valence-corrected chi connectivity index (χ2v) is 15.2. The van der Waals surface area contributed by atoms with Crippen molar-refractivity contribution in [1.82, 2.24) is 24.8 Å². The Morgan fingerprint density at radius 1 is 1.00 bits per heavy atom. The van der Waals surface area contributed by atoms with Gasteiger partial charge in [0, 0.05) is 17.2 Å². The van der Waals surface area contributed by atoms with Gasteiger partial charge in [-0.3, -0.25) is 9.78 Å². The zero-order valence-corrected chi connectivity index (χ0v) is 28.2. The normalized spacial score (nSPS) is 18.1. The van der Waals surface area contributed by atoms with Crippen LogP contribution in [-0.4, -0.2) is 57.9 Å². The van der Waals surface area contributed by atoms with Crippen molar-refractivity contribution < 1.29 is 22.7 Å². The molecule has 1 saturated carbocycles. The van der Waals surface area contributed by atoms with Gasteiger partial charge in [0.2, 0.25) is 17.7 Å². The third-order valence-corrected chi connectivity index (χ3v) is 9.69. The molecule has 6 rings (SSSR count). The number of rotatable bonds is 6. The van der Waals surface area contributed by atoms with Crippen LogP contribution in [0.25, 0.3) is 11.3 Å². The van der Waals surface area contributed by atoms with Crippen LogP contribution in [-0.2, 0) is 16.6 Å². The summed E-state index contributed by atoms with van der Waals surface area (Å²) in [5.74, 6) is 0.114. The highest BCUT2D eigenvalue weighted by atomic mass is 32.2. The molecule has 12 heteroatoms. The Hall–Kier alpha value is -4.58. The minimum Gasteiger partial charge on any atom is -0.475 e. The molecule has 2 aliphatic rings. The van der Waals surface area contributed by atoms with Crippen LogP contribution in [0.3, 0.4) is 0 Å². The maximum absolute atomic E-state index is 14.4. The molecule has 1 aliphatic carbocycles. The van der Waals surface area contributed by atoms with Crippen molar-refractivity contribution in [3.05, 3.63) is 83.3 Å². The van der Waals surface area contributed by atoms with Crippen LogP contribution >= 0.6 is 0 Å². The fraction of sp³-hybridized carbons (Fsp3) is 0.400. The second kappa shape index (κ2) is 12.9. The van der Waals surface area contributed by atoms with E-state index in [1.807, 2.05) is 32.0 Å². The average Bonchev–Trinajstić information content (AvgIpc) is 2.99. The molecular formula is C35H40N6O5S. The average molecular weight is 657 g/mol. The number of aromatic nitrogens is 4. The van der Waals surface area contributed by atoms with Crippen LogP contribution in [0.2, 0.25) is 0 Å². The van der Waals surface area contributed by atoms with Crippen molar-refractivity contribution in [3.63, 3.8) is 0 Å². The first-order valence-electron chi connectivity index (χ1n) is 15.8. The van der Waals surface area contributed by atoms with Crippen molar-refractivity contribution in [2.45, 2.75) is 83.9 Å². The number of aryl methyl sites for hydroxylation is 2. The van der Waals surface area contributed by atoms with Gasteiger partial charge in [-0.1, -0.05) is 45.0 Å². The van der Waals surface area contributed by atoms with Crippen LogP contribution in [0.1, 0.15) is 73.6 Å². The standard InChI is InChI=1S/C35H40N6O5S/c1-22-9-6-10-23(2)32(22)29-16-30-39-34(38-29)40-47(43,44)28-14-7-11-24(15-28)33(42)41(26(21-45-30)17-35(3,4)5)20-25-18-36-19-31(37-25)46-27-12-8-13-27/h6-7,9-11,14-16,18-19,26-27H,8,12-13,17,20-21H2,1-5H3,(H,38,39,40)/t26-/m1/s1. The highest BCUT2D eigenvalue weighted by molar-refractivity contribution is 7.92. The molecule has 246 valence electrons. The maximum Gasteiger partial charge on any atom is 0.264 e. The van der Waals surface area contributed by atoms with E-state index >= 15 is 0 Å². The van der Waals surface area contributed by atoms with Gasteiger partial charge in [0.1, 0.15) is 12.7 Å². The zero-order chi connectivity index (χ0) is 33.3. The van der Waals surface area contributed by atoms with Crippen LogP contribution in [0.4, 0.5) is 5.95 Å². The Balaban J connectivity index is 1.46. The Morgan fingerprint density at radius 3 is 2.45 bits per heavy atom. The van der Waals surface area contributed by atoms with Gasteiger partial charge in [-0.15, -0.1) is 0 Å². The first kappa shape index (κ1) is 32.4. The lowest BCUT2D eigenvalue weighted by atomic mass is 9.87. The van der Waals surface area contributed by atoms with Gasteiger partial charge >= 0.3 is 0 Å². The Kier molecular flexibility index (Phi) is 8.88. The predicted molar refractivity (Wildman–Crippen MR) is 178 cm³/mol. The predicted octanol–water partition coefficient (Wildman–Crippen LogP) is 6.12. The molecule has 0 unspecified atom stereocenters. The molecule has 2 aromatic heterocycles. The number of carbonyl (C=O) groups is 1. The van der Waals surface area contributed by atoms with E-state index < -0.39 is 16.1 Å². The van der Waals surface area contributed by atoms with Crippen molar-refractivity contribution in [2.24, 2.45) is 5.41 Å². The van der Waals surface area contributed by atoms with E-state index in [1.165, 1.54) is 12.1 Å². The van der Waals surface area contributed by atoms with Crippen LogP contribution in [0, 0.1) is 19.3 Å². The smallest absolute Gasteiger partial charge is 0.264 e. The summed E-state index contributed by atoms with van der Waals surface area (Å²) in [5.41, 5.74) is 3.88. The molecular weight excluding hydrogens is 616 g/mol. The van der Waals surface area contributed by atoms with E-state index in [4.69, 9.17) is 9.47 Å². The Bertz CT molecular complexity index is 1880. The summed E-state index contributed by atoms with van der Waals surface area (Å²) in [5, 5.41) is 0. The third-order valence-electron chi connectivity index (χ3n) is 8.36. The summed E-state index contributed by atoms with van der Waals surface area (Å²) >= 11 is 0. The van der Waals surface area contributed by atoms with Crippen molar-refractivity contribution >= 4 is 21.9 Å². The first-order chi connectivity index (χ1) is 22.3. The van der Waals surface area contributed by atoms with Crippen LogP contribution < -0.4 is 14.2 Å². The zero-order valence-electron chi connectivity index (χ0n) is 27.4. The molecule has 0 radical (unpaired) electrons. The topological polar surface area (TPSA) is 136 Å². The van der Waals surface area contributed by atoms with E-state index in [0.29, 0.717) is 23.7 Å². The molecule has 1 aliphatic heterocycles. The number of sulfonamides is 1. The lowest BCUT2D eigenvalue weighted by molar-refractivity contribution is 0.0506.